The molecule has 0 aromatic heterocycles. The minimum atomic E-state index is -0.312. The summed E-state index contributed by atoms with van der Waals surface area (Å²) in [7, 11) is 1.38. The van der Waals surface area contributed by atoms with Gasteiger partial charge in [-0.3, -0.25) is 0 Å². The molecule has 17 heavy (non-hydrogen) atoms. The lowest BCUT2D eigenvalue weighted by Crippen LogP contribution is -2.38. The van der Waals surface area contributed by atoms with Gasteiger partial charge in [0.1, 0.15) is 0 Å². The van der Waals surface area contributed by atoms with Crippen LogP contribution in [0.4, 0.5) is 0 Å². The lowest BCUT2D eigenvalue weighted by molar-refractivity contribution is -0.0287. The summed E-state index contributed by atoms with van der Waals surface area (Å²) in [5.41, 5.74) is 1.64. The summed E-state index contributed by atoms with van der Waals surface area (Å²) < 4.78 is 10.5. The number of hydrogen-bond donors (Lipinski definition) is 1. The number of ether oxygens (including phenoxy) is 2. The van der Waals surface area contributed by atoms with Crippen molar-refractivity contribution in [2.24, 2.45) is 0 Å². The molecule has 0 amide bonds. The molecule has 1 aromatic carbocycles. The fraction of sp³-hybridized carbons (Fsp3) is 0.462. The van der Waals surface area contributed by atoms with Gasteiger partial charge in [0.2, 0.25) is 0 Å². The predicted octanol–water partition coefficient (Wildman–Crippen LogP) is 1.52. The molecule has 2 atom stereocenters. The van der Waals surface area contributed by atoms with Gasteiger partial charge in [0, 0.05) is 13.1 Å². The molecule has 2 rings (SSSR count). The molecule has 1 fully saturated rings. The third-order valence-corrected chi connectivity index (χ3v) is 2.86. The van der Waals surface area contributed by atoms with Crippen LogP contribution in [0.5, 0.6) is 0 Å². The maximum atomic E-state index is 11.3. The molecule has 92 valence electrons. The Bertz CT molecular complexity index is 388. The number of benzene rings is 1. The van der Waals surface area contributed by atoms with Gasteiger partial charge in [-0.05, 0) is 24.6 Å². The molecule has 1 heterocycles. The Balaban J connectivity index is 2.09. The average Bonchev–Trinajstić information content (AvgIpc) is 2.38. The van der Waals surface area contributed by atoms with Crippen LogP contribution in [0.3, 0.4) is 0 Å². The summed E-state index contributed by atoms with van der Waals surface area (Å²) in [6.45, 7) is 3.74. The molecule has 0 bridgehead atoms. The predicted molar refractivity (Wildman–Crippen MR) is 63.9 cm³/mol. The van der Waals surface area contributed by atoms with E-state index in [0.717, 1.165) is 18.7 Å². The van der Waals surface area contributed by atoms with E-state index in [-0.39, 0.29) is 18.2 Å². The van der Waals surface area contributed by atoms with Crippen molar-refractivity contribution < 1.29 is 14.3 Å². The van der Waals surface area contributed by atoms with Gasteiger partial charge in [-0.2, -0.15) is 0 Å². The van der Waals surface area contributed by atoms with E-state index < -0.39 is 0 Å². The zero-order chi connectivity index (χ0) is 12.3. The van der Waals surface area contributed by atoms with E-state index in [1.807, 2.05) is 19.1 Å². The van der Waals surface area contributed by atoms with Crippen LogP contribution in [0.15, 0.2) is 24.3 Å². The number of carbonyl (C=O) groups is 1. The van der Waals surface area contributed by atoms with Crippen LogP contribution >= 0.6 is 0 Å². The van der Waals surface area contributed by atoms with E-state index in [1.54, 1.807) is 12.1 Å². The summed E-state index contributed by atoms with van der Waals surface area (Å²) in [6.07, 6.45) is 0.277. The molecule has 1 saturated heterocycles. The highest BCUT2D eigenvalue weighted by molar-refractivity contribution is 5.89. The Morgan fingerprint density at radius 2 is 2.06 bits per heavy atom. The van der Waals surface area contributed by atoms with E-state index in [4.69, 9.17) is 4.74 Å². The van der Waals surface area contributed by atoms with E-state index in [1.165, 1.54) is 7.11 Å². The molecule has 1 aromatic rings. The molecule has 0 spiro atoms. The van der Waals surface area contributed by atoms with Crippen LogP contribution in [0, 0.1) is 0 Å². The van der Waals surface area contributed by atoms with Gasteiger partial charge < -0.3 is 14.8 Å². The first-order valence-corrected chi connectivity index (χ1v) is 5.75. The molecule has 4 heteroatoms. The molecule has 0 radical (unpaired) electrons. The SMILES string of the molecule is COC(=O)c1ccc([C@H]2CNC[C@@H](C)O2)cc1. The third kappa shape index (κ3) is 2.84. The molecular weight excluding hydrogens is 218 g/mol. The highest BCUT2D eigenvalue weighted by Gasteiger charge is 2.20. The van der Waals surface area contributed by atoms with Crippen molar-refractivity contribution in [1.29, 1.82) is 0 Å². The van der Waals surface area contributed by atoms with Gasteiger partial charge in [0.05, 0.1) is 24.9 Å². The van der Waals surface area contributed by atoms with Gasteiger partial charge in [-0.25, -0.2) is 4.79 Å². The number of hydrogen-bond acceptors (Lipinski definition) is 4. The number of morpholine rings is 1. The average molecular weight is 235 g/mol. The summed E-state index contributed by atoms with van der Waals surface area (Å²) in [4.78, 5) is 11.3. The maximum absolute atomic E-state index is 11.3. The van der Waals surface area contributed by atoms with Crippen LogP contribution in [0.2, 0.25) is 0 Å². The van der Waals surface area contributed by atoms with Crippen molar-refractivity contribution in [3.05, 3.63) is 35.4 Å². The van der Waals surface area contributed by atoms with Crippen molar-refractivity contribution in [3.8, 4) is 0 Å². The Morgan fingerprint density at radius 1 is 1.35 bits per heavy atom. The zero-order valence-corrected chi connectivity index (χ0v) is 10.1. The van der Waals surface area contributed by atoms with Crippen molar-refractivity contribution in [1.82, 2.24) is 5.32 Å². The molecule has 0 aliphatic carbocycles. The first-order chi connectivity index (χ1) is 8.20. The third-order valence-electron chi connectivity index (χ3n) is 2.86. The fourth-order valence-electron chi connectivity index (χ4n) is 1.94. The summed E-state index contributed by atoms with van der Waals surface area (Å²) >= 11 is 0. The second-order valence-corrected chi connectivity index (χ2v) is 4.21. The lowest BCUT2D eigenvalue weighted by atomic mass is 10.1. The van der Waals surface area contributed by atoms with Gasteiger partial charge >= 0.3 is 5.97 Å². The highest BCUT2D eigenvalue weighted by atomic mass is 16.5. The Kier molecular flexibility index (Phi) is 3.76. The van der Waals surface area contributed by atoms with Crippen molar-refractivity contribution >= 4 is 5.97 Å². The molecular formula is C13H17NO3. The number of carbonyl (C=O) groups excluding carboxylic acids is 1. The molecule has 0 unspecified atom stereocenters. The van der Waals surface area contributed by atoms with E-state index >= 15 is 0 Å². The highest BCUT2D eigenvalue weighted by Crippen LogP contribution is 2.21. The quantitative estimate of drug-likeness (QED) is 0.790. The first-order valence-electron chi connectivity index (χ1n) is 5.75. The van der Waals surface area contributed by atoms with Gasteiger partial charge in [0.25, 0.3) is 0 Å². The van der Waals surface area contributed by atoms with Gasteiger partial charge in [-0.1, -0.05) is 12.1 Å². The molecule has 1 aliphatic rings. The largest absolute Gasteiger partial charge is 0.465 e. The van der Waals surface area contributed by atoms with Crippen LogP contribution in [-0.4, -0.2) is 32.3 Å². The standard InChI is InChI=1S/C13H17NO3/c1-9-7-14-8-12(17-9)10-3-5-11(6-4-10)13(15)16-2/h3-6,9,12,14H,7-8H2,1-2H3/t9-,12-/m1/s1. The molecule has 1 aliphatic heterocycles. The second kappa shape index (κ2) is 5.29. The fourth-order valence-corrected chi connectivity index (χ4v) is 1.94. The van der Waals surface area contributed by atoms with Crippen molar-refractivity contribution in [2.75, 3.05) is 20.2 Å². The maximum Gasteiger partial charge on any atom is 0.337 e. The van der Waals surface area contributed by atoms with Crippen LogP contribution in [-0.2, 0) is 9.47 Å². The van der Waals surface area contributed by atoms with E-state index in [2.05, 4.69) is 10.1 Å². The monoisotopic (exact) mass is 235 g/mol. The van der Waals surface area contributed by atoms with E-state index in [9.17, 15) is 4.79 Å². The van der Waals surface area contributed by atoms with Crippen LogP contribution in [0.25, 0.3) is 0 Å². The number of methoxy groups -OCH3 is 1. The molecule has 1 N–H and O–H groups in total. The smallest absolute Gasteiger partial charge is 0.337 e. The topological polar surface area (TPSA) is 47.6 Å². The Labute approximate surface area is 101 Å². The minimum absolute atomic E-state index is 0.0606. The minimum Gasteiger partial charge on any atom is -0.465 e. The Morgan fingerprint density at radius 3 is 2.65 bits per heavy atom. The zero-order valence-electron chi connectivity index (χ0n) is 10.1. The summed E-state index contributed by atoms with van der Waals surface area (Å²) in [6, 6.07) is 7.36. The lowest BCUT2D eigenvalue weighted by Gasteiger charge is -2.29. The first kappa shape index (κ1) is 12.1. The van der Waals surface area contributed by atoms with Crippen LogP contribution < -0.4 is 5.32 Å². The number of rotatable bonds is 2. The van der Waals surface area contributed by atoms with E-state index in [0.29, 0.717) is 5.56 Å². The molecule has 4 nitrogen and oxygen atoms in total. The van der Waals surface area contributed by atoms with Gasteiger partial charge in [-0.15, -0.1) is 0 Å². The summed E-state index contributed by atoms with van der Waals surface area (Å²) in [5.74, 6) is -0.312. The van der Waals surface area contributed by atoms with Gasteiger partial charge in [0.15, 0.2) is 0 Å². The summed E-state index contributed by atoms with van der Waals surface area (Å²) in [5, 5.41) is 3.31. The normalized spacial score (nSPS) is 24.4. The number of nitrogens with one attached hydrogen (secondary N) is 1. The van der Waals surface area contributed by atoms with Crippen molar-refractivity contribution in [3.63, 3.8) is 0 Å². The molecule has 0 saturated carbocycles. The number of esters is 1. The Hall–Kier alpha value is -1.39. The second-order valence-electron chi connectivity index (χ2n) is 4.21. The van der Waals surface area contributed by atoms with Crippen molar-refractivity contribution in [2.45, 2.75) is 19.1 Å². The van der Waals surface area contributed by atoms with Crippen LogP contribution in [0.1, 0.15) is 28.9 Å².